The lowest BCUT2D eigenvalue weighted by Gasteiger charge is -2.52. The summed E-state index contributed by atoms with van der Waals surface area (Å²) in [5, 5.41) is 27.2. The number of hydrogen-bond donors (Lipinski definition) is 2. The molecule has 3 aliphatic rings. The maximum Gasteiger partial charge on any atom is 0.185 e. The van der Waals surface area contributed by atoms with Gasteiger partial charge in [0.05, 0.1) is 17.8 Å². The van der Waals surface area contributed by atoms with Crippen molar-refractivity contribution in [1.29, 1.82) is 0 Å². The highest BCUT2D eigenvalue weighted by Crippen LogP contribution is 2.43. The topological polar surface area (TPSA) is 105 Å². The summed E-state index contributed by atoms with van der Waals surface area (Å²) in [6, 6.07) is 5.54. The molecule has 34 heavy (non-hydrogen) atoms. The lowest BCUT2D eigenvalue weighted by Crippen LogP contribution is -2.69. The molecule has 0 unspecified atom stereocenters. The van der Waals surface area contributed by atoms with E-state index in [1.165, 1.54) is 0 Å². The van der Waals surface area contributed by atoms with Gasteiger partial charge in [-0.25, -0.2) is 14.4 Å². The Morgan fingerprint density at radius 1 is 1.18 bits per heavy atom. The zero-order valence-electron chi connectivity index (χ0n) is 19.4. The molecule has 1 aliphatic carbocycles. The van der Waals surface area contributed by atoms with E-state index in [2.05, 4.69) is 35.5 Å². The number of piperidine rings is 2. The summed E-state index contributed by atoms with van der Waals surface area (Å²) in [4.78, 5) is 10.9. The monoisotopic (exact) mass is 464 g/mol. The Balaban J connectivity index is 1.27. The van der Waals surface area contributed by atoms with Crippen molar-refractivity contribution in [3.05, 3.63) is 30.7 Å². The van der Waals surface area contributed by atoms with E-state index < -0.39 is 11.7 Å². The number of aromatic nitrogens is 6. The summed E-state index contributed by atoms with van der Waals surface area (Å²) in [7, 11) is 1.79. The predicted octanol–water partition coefficient (Wildman–Crippen LogP) is 3.02. The second-order valence-electron chi connectivity index (χ2n) is 10.1. The number of phenolic OH excluding ortho intramolecular Hbond substituents is 1. The van der Waals surface area contributed by atoms with E-state index in [9.17, 15) is 5.11 Å². The molecule has 2 bridgehead atoms. The van der Waals surface area contributed by atoms with Crippen LogP contribution in [-0.4, -0.2) is 64.9 Å². The molecule has 6 rings (SSSR count). The van der Waals surface area contributed by atoms with Crippen LogP contribution in [0.2, 0.25) is 0 Å². The zero-order valence-corrected chi connectivity index (χ0v) is 19.4. The van der Waals surface area contributed by atoms with Crippen LogP contribution in [0, 0.1) is 0 Å². The lowest BCUT2D eigenvalue weighted by atomic mass is 9.73. The first-order chi connectivity index (χ1) is 16.4. The number of nitrogens with zero attached hydrogens (tertiary/aromatic N) is 7. The third-order valence-electron chi connectivity index (χ3n) is 7.46. The minimum atomic E-state index is -0.983. The largest absolute Gasteiger partial charge is 0.507 e. The molecular weight excluding hydrogens is 435 g/mol. The number of nitrogens with one attached hydrogen (secondary N) is 1. The molecule has 0 radical (unpaired) electrons. The smallest absolute Gasteiger partial charge is 0.185 e. The first kappa shape index (κ1) is 21.4. The maximum atomic E-state index is 15.8. The van der Waals surface area contributed by atoms with Crippen LogP contribution in [0.1, 0.15) is 45.4 Å². The van der Waals surface area contributed by atoms with E-state index in [0.29, 0.717) is 34.6 Å². The average Bonchev–Trinajstić information content (AvgIpc) is 3.56. The Morgan fingerprint density at radius 2 is 2.03 bits per heavy atom. The Morgan fingerprint density at radius 3 is 2.71 bits per heavy atom. The Bertz CT molecular complexity index is 1200. The normalized spacial score (nSPS) is 28.6. The SMILES string of the molecule is Cn1cnc(-c2ccc(-c3ncc(N(C4CC4)[C@@H]4C[C@@H]5CCC[C@](C)(N5)[C@@H]4F)nn3)c(O)c2)n1. The minimum absolute atomic E-state index is 0.0291. The molecule has 178 valence electrons. The quantitative estimate of drug-likeness (QED) is 0.594. The number of aromatic hydroxyl groups is 1. The Kier molecular flexibility index (Phi) is 5.02. The van der Waals surface area contributed by atoms with Gasteiger partial charge in [0.1, 0.15) is 18.2 Å². The van der Waals surface area contributed by atoms with Crippen LogP contribution >= 0.6 is 0 Å². The van der Waals surface area contributed by atoms with Gasteiger partial charge in [-0.3, -0.25) is 4.68 Å². The van der Waals surface area contributed by atoms with Gasteiger partial charge in [-0.1, -0.05) is 6.07 Å². The Hall–Kier alpha value is -3.14. The van der Waals surface area contributed by atoms with Crippen molar-refractivity contribution in [2.45, 2.75) is 75.3 Å². The first-order valence-corrected chi connectivity index (χ1v) is 12.0. The van der Waals surface area contributed by atoms with Gasteiger partial charge in [-0.05, 0) is 57.6 Å². The highest BCUT2D eigenvalue weighted by molar-refractivity contribution is 5.70. The molecule has 3 fully saturated rings. The summed E-state index contributed by atoms with van der Waals surface area (Å²) in [6.45, 7) is 2.01. The van der Waals surface area contributed by atoms with E-state index in [-0.39, 0.29) is 17.8 Å². The first-order valence-electron chi connectivity index (χ1n) is 12.0. The summed E-state index contributed by atoms with van der Waals surface area (Å²) in [6.07, 6.45) is 8.13. The third kappa shape index (κ3) is 3.70. The van der Waals surface area contributed by atoms with Gasteiger partial charge in [0.25, 0.3) is 0 Å². The number of phenols is 1. The molecule has 3 aromatic rings. The lowest BCUT2D eigenvalue weighted by molar-refractivity contribution is 0.0385. The predicted molar refractivity (Wildman–Crippen MR) is 125 cm³/mol. The van der Waals surface area contributed by atoms with Crippen LogP contribution in [0.4, 0.5) is 10.2 Å². The van der Waals surface area contributed by atoms with Crippen molar-refractivity contribution in [1.82, 2.24) is 35.3 Å². The summed E-state index contributed by atoms with van der Waals surface area (Å²) in [5.41, 5.74) is 0.685. The van der Waals surface area contributed by atoms with E-state index in [1.807, 2.05) is 13.0 Å². The zero-order chi connectivity index (χ0) is 23.4. The van der Waals surface area contributed by atoms with Gasteiger partial charge in [0.15, 0.2) is 17.5 Å². The van der Waals surface area contributed by atoms with Crippen LogP contribution in [0.15, 0.2) is 30.7 Å². The number of halogens is 1. The summed E-state index contributed by atoms with van der Waals surface area (Å²) >= 11 is 0. The van der Waals surface area contributed by atoms with Crippen LogP contribution < -0.4 is 10.2 Å². The van der Waals surface area contributed by atoms with Gasteiger partial charge in [-0.2, -0.15) is 5.10 Å². The number of hydrogen-bond acceptors (Lipinski definition) is 8. The maximum absolute atomic E-state index is 15.8. The van der Waals surface area contributed by atoms with Crippen LogP contribution in [0.25, 0.3) is 22.8 Å². The van der Waals surface area contributed by atoms with Gasteiger partial charge in [0, 0.05) is 30.2 Å². The average molecular weight is 465 g/mol. The second-order valence-corrected chi connectivity index (χ2v) is 10.1. The highest BCUT2D eigenvalue weighted by atomic mass is 19.1. The molecule has 0 amide bonds. The summed E-state index contributed by atoms with van der Waals surface area (Å²) < 4.78 is 17.4. The molecule has 1 saturated carbocycles. The van der Waals surface area contributed by atoms with Crippen molar-refractivity contribution in [3.63, 3.8) is 0 Å². The van der Waals surface area contributed by atoms with Crippen LogP contribution in [-0.2, 0) is 7.05 Å². The van der Waals surface area contributed by atoms with E-state index >= 15 is 4.39 Å². The Labute approximate surface area is 197 Å². The molecule has 2 saturated heterocycles. The number of alkyl halides is 1. The standard InChI is InChI=1S/C24H29FN8O/c1-24-9-3-4-15(28-24)11-18(21(24)25)33(16-6-7-16)20-12-26-23(30-29-20)17-8-5-14(10-19(17)34)22-27-13-32(2)31-22/h5,8,10,12-13,15-16,18,21,28,34H,3-4,6-7,9,11H2,1-2H3/t15-,18+,21+,24-/m0/s1. The molecule has 2 N–H and O–H groups in total. The fraction of sp³-hybridized carbons (Fsp3) is 0.542. The number of aryl methyl sites for hydroxylation is 1. The van der Waals surface area contributed by atoms with E-state index in [4.69, 9.17) is 0 Å². The molecule has 9 nitrogen and oxygen atoms in total. The van der Waals surface area contributed by atoms with E-state index in [1.54, 1.807) is 36.4 Å². The van der Waals surface area contributed by atoms with Crippen molar-refractivity contribution in [2.24, 2.45) is 7.05 Å². The fourth-order valence-electron chi connectivity index (χ4n) is 5.63. The van der Waals surface area contributed by atoms with E-state index in [0.717, 1.165) is 38.5 Å². The molecule has 2 aliphatic heterocycles. The number of benzene rings is 1. The van der Waals surface area contributed by atoms with Crippen molar-refractivity contribution < 1.29 is 9.50 Å². The van der Waals surface area contributed by atoms with Crippen molar-refractivity contribution >= 4 is 5.82 Å². The molecule has 4 atom stereocenters. The highest BCUT2D eigenvalue weighted by Gasteiger charge is 2.52. The van der Waals surface area contributed by atoms with Crippen LogP contribution in [0.3, 0.4) is 0 Å². The van der Waals surface area contributed by atoms with Gasteiger partial charge in [0.2, 0.25) is 0 Å². The fourth-order valence-corrected chi connectivity index (χ4v) is 5.63. The summed E-state index contributed by atoms with van der Waals surface area (Å²) in [5.74, 6) is 1.49. The van der Waals surface area contributed by atoms with Gasteiger partial charge < -0.3 is 15.3 Å². The molecule has 10 heteroatoms. The number of anilines is 1. The van der Waals surface area contributed by atoms with Gasteiger partial charge >= 0.3 is 0 Å². The third-order valence-corrected chi connectivity index (χ3v) is 7.46. The van der Waals surface area contributed by atoms with Crippen LogP contribution in [0.5, 0.6) is 5.75 Å². The molecule has 2 aromatic heterocycles. The molecular formula is C24H29FN8O. The number of fused-ring (bicyclic) bond motifs is 2. The minimum Gasteiger partial charge on any atom is -0.507 e. The molecule has 4 heterocycles. The van der Waals surface area contributed by atoms with Crippen molar-refractivity contribution in [3.8, 4) is 28.5 Å². The molecule has 0 spiro atoms. The van der Waals surface area contributed by atoms with Crippen molar-refractivity contribution in [2.75, 3.05) is 4.90 Å². The molecule has 1 aromatic carbocycles. The van der Waals surface area contributed by atoms with Gasteiger partial charge in [-0.15, -0.1) is 10.2 Å². The second kappa shape index (κ2) is 7.97. The number of rotatable bonds is 5.